The number of aromatic nitrogens is 2. The summed E-state index contributed by atoms with van der Waals surface area (Å²) in [6.07, 6.45) is 2.80. The van der Waals surface area contributed by atoms with Crippen LogP contribution in [0.25, 0.3) is 10.9 Å². The van der Waals surface area contributed by atoms with E-state index in [2.05, 4.69) is 35.6 Å². The minimum atomic E-state index is 0.644. The third-order valence-electron chi connectivity index (χ3n) is 3.55. The van der Waals surface area contributed by atoms with Gasteiger partial charge in [0.05, 0.1) is 5.52 Å². The van der Waals surface area contributed by atoms with Crippen LogP contribution in [0.15, 0.2) is 24.5 Å². The van der Waals surface area contributed by atoms with Gasteiger partial charge in [-0.1, -0.05) is 20.3 Å². The molecule has 0 radical (unpaired) electrons. The smallest absolute Gasteiger partial charge is 0.139 e. The van der Waals surface area contributed by atoms with Gasteiger partial charge < -0.3 is 10.6 Å². The first kappa shape index (κ1) is 13.6. The Kier molecular flexibility index (Phi) is 4.20. The highest BCUT2D eigenvalue weighted by atomic mass is 15.2. The van der Waals surface area contributed by atoms with Crippen molar-refractivity contribution in [1.29, 1.82) is 0 Å². The molecule has 1 heterocycles. The molecule has 0 aliphatic rings. The van der Waals surface area contributed by atoms with E-state index in [-0.39, 0.29) is 0 Å². The lowest BCUT2D eigenvalue weighted by Gasteiger charge is -2.26. The van der Waals surface area contributed by atoms with E-state index in [0.29, 0.717) is 5.92 Å². The average molecular weight is 258 g/mol. The van der Waals surface area contributed by atoms with Gasteiger partial charge in [0.1, 0.15) is 12.1 Å². The molecule has 2 N–H and O–H groups in total. The van der Waals surface area contributed by atoms with Crippen molar-refractivity contribution < 1.29 is 0 Å². The van der Waals surface area contributed by atoms with Gasteiger partial charge in [0.25, 0.3) is 0 Å². The molecule has 2 aromatic rings. The molecule has 1 atom stereocenters. The van der Waals surface area contributed by atoms with Crippen molar-refractivity contribution in [2.24, 2.45) is 5.92 Å². The van der Waals surface area contributed by atoms with E-state index in [4.69, 9.17) is 5.73 Å². The maximum Gasteiger partial charge on any atom is 0.139 e. The molecule has 0 spiro atoms. The van der Waals surface area contributed by atoms with Crippen LogP contribution in [0.5, 0.6) is 0 Å². The van der Waals surface area contributed by atoms with Crippen molar-refractivity contribution in [3.63, 3.8) is 0 Å². The monoisotopic (exact) mass is 258 g/mol. The third-order valence-corrected chi connectivity index (χ3v) is 3.55. The largest absolute Gasteiger partial charge is 0.399 e. The Balaban J connectivity index is 2.44. The molecular weight excluding hydrogens is 236 g/mol. The Labute approximate surface area is 114 Å². The first-order valence-corrected chi connectivity index (χ1v) is 6.90. The second-order valence-corrected chi connectivity index (χ2v) is 5.03. The number of hydrogen-bond acceptors (Lipinski definition) is 4. The Bertz CT molecular complexity index is 553. The molecule has 0 fully saturated rings. The van der Waals surface area contributed by atoms with Gasteiger partial charge in [-0.15, -0.1) is 0 Å². The highest BCUT2D eigenvalue weighted by Gasteiger charge is 2.13. The summed E-state index contributed by atoms with van der Waals surface area (Å²) < 4.78 is 0. The van der Waals surface area contributed by atoms with Crippen LogP contribution in [0.1, 0.15) is 27.2 Å². The molecule has 0 aliphatic carbocycles. The molecule has 4 nitrogen and oxygen atoms in total. The first-order chi connectivity index (χ1) is 9.15. The molecule has 4 heteroatoms. The number of nitrogens with two attached hydrogens (primary N) is 1. The number of nitrogens with zero attached hydrogens (tertiary/aromatic N) is 3. The van der Waals surface area contributed by atoms with Crippen LogP contribution in [0.2, 0.25) is 0 Å². The highest BCUT2D eigenvalue weighted by molar-refractivity contribution is 5.91. The van der Waals surface area contributed by atoms with E-state index in [1.807, 2.05) is 18.2 Å². The van der Waals surface area contributed by atoms with Crippen molar-refractivity contribution in [2.75, 3.05) is 23.7 Å². The molecule has 1 aromatic heterocycles. The zero-order chi connectivity index (χ0) is 13.8. The topological polar surface area (TPSA) is 55.0 Å². The maximum atomic E-state index is 5.89. The second kappa shape index (κ2) is 5.87. The minimum absolute atomic E-state index is 0.644. The number of benzene rings is 1. The van der Waals surface area contributed by atoms with Gasteiger partial charge in [0.15, 0.2) is 0 Å². The van der Waals surface area contributed by atoms with Gasteiger partial charge in [-0.05, 0) is 31.0 Å². The van der Waals surface area contributed by atoms with Gasteiger partial charge in [0.2, 0.25) is 0 Å². The van der Waals surface area contributed by atoms with Gasteiger partial charge in [-0.2, -0.15) is 0 Å². The maximum absolute atomic E-state index is 5.89. The lowest BCUT2D eigenvalue weighted by molar-refractivity contribution is 0.546. The van der Waals surface area contributed by atoms with Crippen LogP contribution in [-0.2, 0) is 0 Å². The van der Waals surface area contributed by atoms with Crippen molar-refractivity contribution in [1.82, 2.24) is 9.97 Å². The fourth-order valence-corrected chi connectivity index (χ4v) is 2.18. The van der Waals surface area contributed by atoms with Crippen LogP contribution in [0.3, 0.4) is 0 Å². The number of anilines is 2. The third kappa shape index (κ3) is 2.95. The Hall–Kier alpha value is -1.84. The molecule has 0 amide bonds. The van der Waals surface area contributed by atoms with Crippen LogP contribution in [0.4, 0.5) is 11.5 Å². The Morgan fingerprint density at radius 3 is 2.74 bits per heavy atom. The summed E-state index contributed by atoms with van der Waals surface area (Å²) >= 11 is 0. The first-order valence-electron chi connectivity index (χ1n) is 6.90. The van der Waals surface area contributed by atoms with Crippen molar-refractivity contribution in [3.05, 3.63) is 24.5 Å². The van der Waals surface area contributed by atoms with Crippen molar-refractivity contribution in [3.8, 4) is 0 Å². The molecule has 19 heavy (non-hydrogen) atoms. The predicted molar refractivity (Wildman–Crippen MR) is 81.3 cm³/mol. The standard InChI is InChI=1S/C15H22N4/c1-4-11(3)9-19(5-2)15-13-8-12(16)6-7-14(13)17-10-18-15/h6-8,10-11H,4-5,9,16H2,1-3H3. The molecule has 0 saturated carbocycles. The second-order valence-electron chi connectivity index (χ2n) is 5.03. The molecule has 1 unspecified atom stereocenters. The lowest BCUT2D eigenvalue weighted by atomic mass is 10.1. The van der Waals surface area contributed by atoms with E-state index >= 15 is 0 Å². The number of rotatable bonds is 5. The predicted octanol–water partition coefficient (Wildman–Crippen LogP) is 3.08. The van der Waals surface area contributed by atoms with Crippen LogP contribution >= 0.6 is 0 Å². The summed E-state index contributed by atoms with van der Waals surface area (Å²) in [7, 11) is 0. The van der Waals surface area contributed by atoms with E-state index in [9.17, 15) is 0 Å². The molecule has 0 aliphatic heterocycles. The summed E-state index contributed by atoms with van der Waals surface area (Å²) in [5, 5.41) is 1.03. The fraction of sp³-hybridized carbons (Fsp3) is 0.467. The van der Waals surface area contributed by atoms with Crippen LogP contribution < -0.4 is 10.6 Å². The quantitative estimate of drug-likeness (QED) is 0.837. The normalized spacial score (nSPS) is 12.6. The van der Waals surface area contributed by atoms with E-state index in [0.717, 1.165) is 35.5 Å². The van der Waals surface area contributed by atoms with Crippen LogP contribution in [-0.4, -0.2) is 23.1 Å². The summed E-state index contributed by atoms with van der Waals surface area (Å²) in [4.78, 5) is 11.1. The number of hydrogen-bond donors (Lipinski definition) is 1. The highest BCUT2D eigenvalue weighted by Crippen LogP contribution is 2.25. The number of fused-ring (bicyclic) bond motifs is 1. The molecule has 0 bridgehead atoms. The SMILES string of the molecule is CCC(C)CN(CC)c1ncnc2ccc(N)cc12. The summed E-state index contributed by atoms with van der Waals surface area (Å²) in [6, 6.07) is 5.79. The zero-order valence-electron chi connectivity index (χ0n) is 11.9. The average Bonchev–Trinajstić information content (AvgIpc) is 2.44. The molecule has 0 saturated heterocycles. The van der Waals surface area contributed by atoms with Gasteiger partial charge >= 0.3 is 0 Å². The Morgan fingerprint density at radius 1 is 1.26 bits per heavy atom. The molecule has 102 valence electrons. The molecular formula is C15H22N4. The summed E-state index contributed by atoms with van der Waals surface area (Å²) in [5.74, 6) is 1.63. The van der Waals surface area contributed by atoms with E-state index in [1.165, 1.54) is 6.42 Å². The number of nitrogen functional groups attached to an aromatic ring is 1. The molecule has 1 aromatic carbocycles. The van der Waals surface area contributed by atoms with Gasteiger partial charge in [-0.3, -0.25) is 0 Å². The van der Waals surface area contributed by atoms with Crippen molar-refractivity contribution in [2.45, 2.75) is 27.2 Å². The van der Waals surface area contributed by atoms with Gasteiger partial charge in [-0.25, -0.2) is 9.97 Å². The van der Waals surface area contributed by atoms with Gasteiger partial charge in [0, 0.05) is 24.2 Å². The zero-order valence-corrected chi connectivity index (χ0v) is 11.9. The van der Waals surface area contributed by atoms with E-state index in [1.54, 1.807) is 6.33 Å². The van der Waals surface area contributed by atoms with Crippen LogP contribution in [0, 0.1) is 5.92 Å². The van der Waals surface area contributed by atoms with Crippen molar-refractivity contribution >= 4 is 22.4 Å². The molecule has 2 rings (SSSR count). The van der Waals surface area contributed by atoms with E-state index < -0.39 is 0 Å². The Morgan fingerprint density at radius 2 is 2.05 bits per heavy atom. The fourth-order valence-electron chi connectivity index (χ4n) is 2.18. The summed E-state index contributed by atoms with van der Waals surface area (Å²) in [6.45, 7) is 8.58. The summed E-state index contributed by atoms with van der Waals surface area (Å²) in [5.41, 5.74) is 7.59. The lowest BCUT2D eigenvalue weighted by Crippen LogP contribution is -2.29. The minimum Gasteiger partial charge on any atom is -0.399 e.